The minimum Gasteiger partial charge on any atom is -0.497 e. The van der Waals surface area contributed by atoms with Crippen molar-refractivity contribution in [2.75, 3.05) is 25.6 Å². The van der Waals surface area contributed by atoms with Crippen molar-refractivity contribution < 1.29 is 22.6 Å². The highest BCUT2D eigenvalue weighted by Gasteiger charge is 2.32. The number of benzene rings is 3. The third kappa shape index (κ3) is 4.73. The molecule has 6 nitrogen and oxygen atoms in total. The second kappa shape index (κ2) is 9.49. The maximum Gasteiger partial charge on any atom is 0.264 e. The SMILES string of the molecule is COc1ccc(S(=O)(=O)N(c2cccc(Cl)c2)[C@H](C)c2cc(OC)ccc2OC)cc1. The summed E-state index contributed by atoms with van der Waals surface area (Å²) in [6.07, 6.45) is 0. The van der Waals surface area contributed by atoms with Gasteiger partial charge in [-0.1, -0.05) is 17.7 Å². The van der Waals surface area contributed by atoms with Crippen molar-refractivity contribution in [3.05, 3.63) is 77.3 Å². The van der Waals surface area contributed by atoms with Crippen LogP contribution in [0, 0.1) is 0 Å². The molecule has 0 aromatic heterocycles. The van der Waals surface area contributed by atoms with Crippen LogP contribution in [0.3, 0.4) is 0 Å². The van der Waals surface area contributed by atoms with Crippen molar-refractivity contribution in [3.8, 4) is 17.2 Å². The molecule has 0 aliphatic heterocycles. The Hall–Kier alpha value is -2.90. The van der Waals surface area contributed by atoms with Crippen molar-refractivity contribution in [3.63, 3.8) is 0 Å². The molecule has 8 heteroatoms. The Morgan fingerprint density at radius 2 is 1.48 bits per heavy atom. The van der Waals surface area contributed by atoms with Crippen molar-refractivity contribution in [2.45, 2.75) is 17.9 Å². The van der Waals surface area contributed by atoms with E-state index < -0.39 is 16.1 Å². The van der Waals surface area contributed by atoms with E-state index in [0.29, 0.717) is 33.5 Å². The second-order valence-corrected chi connectivity index (χ2v) is 8.99. The van der Waals surface area contributed by atoms with Gasteiger partial charge in [0.15, 0.2) is 0 Å². The van der Waals surface area contributed by atoms with Gasteiger partial charge in [-0.3, -0.25) is 4.31 Å². The first kappa shape index (κ1) is 22.8. The molecule has 0 aliphatic rings. The van der Waals surface area contributed by atoms with Crippen LogP contribution >= 0.6 is 11.6 Å². The molecule has 3 rings (SSSR count). The molecule has 31 heavy (non-hydrogen) atoms. The Kier molecular flexibility index (Phi) is 6.97. The molecule has 3 aromatic carbocycles. The Balaban J connectivity index is 2.20. The molecule has 0 fully saturated rings. The zero-order chi connectivity index (χ0) is 22.6. The van der Waals surface area contributed by atoms with Crippen LogP contribution in [0.4, 0.5) is 5.69 Å². The fourth-order valence-corrected chi connectivity index (χ4v) is 5.15. The monoisotopic (exact) mass is 461 g/mol. The number of methoxy groups -OCH3 is 3. The van der Waals surface area contributed by atoms with Gasteiger partial charge in [-0.15, -0.1) is 0 Å². The zero-order valence-electron chi connectivity index (χ0n) is 17.7. The first-order valence-electron chi connectivity index (χ1n) is 9.47. The summed E-state index contributed by atoms with van der Waals surface area (Å²) in [4.78, 5) is 0.127. The second-order valence-electron chi connectivity index (χ2n) is 6.74. The lowest BCUT2D eigenvalue weighted by molar-refractivity contribution is 0.396. The number of anilines is 1. The molecule has 0 unspecified atom stereocenters. The van der Waals surface area contributed by atoms with Crippen LogP contribution in [-0.2, 0) is 10.0 Å². The van der Waals surface area contributed by atoms with Crippen LogP contribution in [0.1, 0.15) is 18.5 Å². The Morgan fingerprint density at radius 1 is 0.839 bits per heavy atom. The van der Waals surface area contributed by atoms with E-state index in [1.807, 2.05) is 0 Å². The molecule has 0 spiro atoms. The summed E-state index contributed by atoms with van der Waals surface area (Å²) in [6, 6.07) is 17.6. The highest BCUT2D eigenvalue weighted by molar-refractivity contribution is 7.92. The normalized spacial score (nSPS) is 12.2. The smallest absolute Gasteiger partial charge is 0.264 e. The predicted octanol–water partition coefficient (Wildman–Crippen LogP) is 5.32. The summed E-state index contributed by atoms with van der Waals surface area (Å²) in [7, 11) is 0.658. The van der Waals surface area contributed by atoms with Crippen LogP contribution in [0.15, 0.2) is 71.6 Å². The average molecular weight is 462 g/mol. The summed E-state index contributed by atoms with van der Waals surface area (Å²) in [5, 5.41) is 0.428. The van der Waals surface area contributed by atoms with Crippen molar-refractivity contribution in [1.82, 2.24) is 0 Å². The zero-order valence-corrected chi connectivity index (χ0v) is 19.3. The maximum absolute atomic E-state index is 13.8. The van der Waals surface area contributed by atoms with Crippen LogP contribution in [-0.4, -0.2) is 29.7 Å². The van der Waals surface area contributed by atoms with Crippen molar-refractivity contribution in [1.29, 1.82) is 0 Å². The molecular formula is C23H24ClNO5S. The van der Waals surface area contributed by atoms with Crippen LogP contribution < -0.4 is 18.5 Å². The number of halogens is 1. The quantitative estimate of drug-likeness (QED) is 0.454. The third-order valence-electron chi connectivity index (χ3n) is 4.92. The number of hydrogen-bond donors (Lipinski definition) is 0. The van der Waals surface area contributed by atoms with Gasteiger partial charge < -0.3 is 14.2 Å². The topological polar surface area (TPSA) is 65.1 Å². The average Bonchev–Trinajstić information content (AvgIpc) is 2.78. The first-order valence-corrected chi connectivity index (χ1v) is 11.3. The van der Waals surface area contributed by atoms with Gasteiger partial charge >= 0.3 is 0 Å². The van der Waals surface area contributed by atoms with Crippen molar-refractivity contribution >= 4 is 27.3 Å². The summed E-state index contributed by atoms with van der Waals surface area (Å²) >= 11 is 6.20. The number of hydrogen-bond acceptors (Lipinski definition) is 5. The molecule has 0 amide bonds. The van der Waals surface area contributed by atoms with Gasteiger partial charge in [0.2, 0.25) is 0 Å². The highest BCUT2D eigenvalue weighted by Crippen LogP contribution is 2.39. The summed E-state index contributed by atoms with van der Waals surface area (Å²) in [6.45, 7) is 1.79. The van der Waals surface area contributed by atoms with Crippen LogP contribution in [0.5, 0.6) is 17.2 Å². The Morgan fingerprint density at radius 3 is 2.06 bits per heavy atom. The van der Waals surface area contributed by atoms with Crippen LogP contribution in [0.25, 0.3) is 0 Å². The lowest BCUT2D eigenvalue weighted by Crippen LogP contribution is -2.34. The summed E-state index contributed by atoms with van der Waals surface area (Å²) < 4.78 is 44.9. The first-order chi connectivity index (χ1) is 14.8. The van der Waals surface area contributed by atoms with Crippen molar-refractivity contribution in [2.24, 2.45) is 0 Å². The van der Waals surface area contributed by atoms with E-state index in [1.165, 1.54) is 23.5 Å². The van der Waals surface area contributed by atoms with Gasteiger partial charge in [0, 0.05) is 10.6 Å². The van der Waals surface area contributed by atoms with Gasteiger partial charge in [0.05, 0.1) is 38.0 Å². The number of nitrogens with zero attached hydrogens (tertiary/aromatic N) is 1. The van der Waals surface area contributed by atoms with Crippen LogP contribution in [0.2, 0.25) is 5.02 Å². The van der Waals surface area contributed by atoms with Gasteiger partial charge in [-0.25, -0.2) is 8.42 Å². The molecule has 3 aromatic rings. The van der Waals surface area contributed by atoms with Gasteiger partial charge in [-0.2, -0.15) is 0 Å². The van der Waals surface area contributed by atoms with E-state index in [9.17, 15) is 8.42 Å². The van der Waals surface area contributed by atoms with E-state index >= 15 is 0 Å². The number of sulfonamides is 1. The van der Waals surface area contributed by atoms with Gasteiger partial charge in [0.1, 0.15) is 17.2 Å². The number of rotatable bonds is 8. The van der Waals surface area contributed by atoms with E-state index in [4.69, 9.17) is 25.8 Å². The molecule has 0 aliphatic carbocycles. The molecule has 0 heterocycles. The lowest BCUT2D eigenvalue weighted by Gasteiger charge is -2.32. The molecular weight excluding hydrogens is 438 g/mol. The Bertz CT molecular complexity index is 1150. The molecule has 0 saturated carbocycles. The highest BCUT2D eigenvalue weighted by atomic mass is 35.5. The Labute approximate surface area is 188 Å². The third-order valence-corrected chi connectivity index (χ3v) is 7.07. The van der Waals surface area contributed by atoms with E-state index in [2.05, 4.69) is 0 Å². The summed E-state index contributed by atoms with van der Waals surface area (Å²) in [5.74, 6) is 1.71. The van der Waals surface area contributed by atoms with E-state index in [1.54, 1.807) is 75.7 Å². The number of ether oxygens (including phenoxy) is 3. The molecule has 0 radical (unpaired) electrons. The minimum absolute atomic E-state index is 0.127. The van der Waals surface area contributed by atoms with Gasteiger partial charge in [-0.05, 0) is 67.6 Å². The lowest BCUT2D eigenvalue weighted by atomic mass is 10.1. The summed E-state index contributed by atoms with van der Waals surface area (Å²) in [5.41, 5.74) is 1.08. The molecule has 0 saturated heterocycles. The maximum atomic E-state index is 13.8. The fraction of sp³-hybridized carbons (Fsp3) is 0.217. The standard InChI is InChI=1S/C23H24ClNO5S/c1-16(22-15-20(29-3)10-13-23(22)30-4)25(18-7-5-6-17(24)14-18)31(26,27)21-11-8-19(28-2)9-12-21/h5-16H,1-4H3/t16-/m1/s1. The van der Waals surface area contributed by atoms with Gasteiger partial charge in [0.25, 0.3) is 10.0 Å². The minimum atomic E-state index is -3.97. The molecule has 1 atom stereocenters. The molecule has 0 bridgehead atoms. The predicted molar refractivity (Wildman–Crippen MR) is 122 cm³/mol. The largest absolute Gasteiger partial charge is 0.497 e. The van der Waals surface area contributed by atoms with E-state index in [-0.39, 0.29) is 4.90 Å². The van der Waals surface area contributed by atoms with E-state index in [0.717, 1.165) is 0 Å². The molecule has 0 N–H and O–H groups in total. The fourth-order valence-electron chi connectivity index (χ4n) is 3.34. The molecule has 164 valence electrons.